The van der Waals surface area contributed by atoms with Crippen LogP contribution in [0, 0.1) is 17.7 Å². The first kappa shape index (κ1) is 10.9. The van der Waals surface area contributed by atoms with Crippen LogP contribution in [0.2, 0.25) is 5.02 Å². The highest BCUT2D eigenvalue weighted by molar-refractivity contribution is 6.30. The standard InChI is InChI=1S/C12H15ClFN/c1-8-2-10(8)7-15-6-9-3-11(13)5-12(14)4-9/h3-5,8,10,15H,2,6-7H2,1H3. The monoisotopic (exact) mass is 227 g/mol. The maximum atomic E-state index is 13.0. The van der Waals surface area contributed by atoms with Crippen molar-refractivity contribution in [2.24, 2.45) is 11.8 Å². The second-order valence-corrected chi connectivity index (χ2v) is 4.82. The Labute approximate surface area is 94.6 Å². The van der Waals surface area contributed by atoms with Crippen molar-refractivity contribution in [1.82, 2.24) is 5.32 Å². The summed E-state index contributed by atoms with van der Waals surface area (Å²) in [4.78, 5) is 0. The van der Waals surface area contributed by atoms with E-state index in [2.05, 4.69) is 12.2 Å². The number of hydrogen-bond acceptors (Lipinski definition) is 1. The second-order valence-electron chi connectivity index (χ2n) is 4.38. The van der Waals surface area contributed by atoms with Gasteiger partial charge in [-0.15, -0.1) is 0 Å². The van der Waals surface area contributed by atoms with Crippen LogP contribution in [0.3, 0.4) is 0 Å². The summed E-state index contributed by atoms with van der Waals surface area (Å²) in [6.45, 7) is 3.97. The summed E-state index contributed by atoms with van der Waals surface area (Å²) in [5.74, 6) is 1.40. The van der Waals surface area contributed by atoms with E-state index in [0.29, 0.717) is 11.6 Å². The lowest BCUT2D eigenvalue weighted by Crippen LogP contribution is -2.16. The number of halogens is 2. The van der Waals surface area contributed by atoms with Crippen LogP contribution in [0.1, 0.15) is 18.9 Å². The number of hydrogen-bond donors (Lipinski definition) is 1. The maximum absolute atomic E-state index is 13.0. The quantitative estimate of drug-likeness (QED) is 0.833. The van der Waals surface area contributed by atoms with Crippen molar-refractivity contribution < 1.29 is 4.39 Å². The van der Waals surface area contributed by atoms with Crippen LogP contribution in [0.25, 0.3) is 0 Å². The molecule has 1 aromatic carbocycles. The number of benzene rings is 1. The summed E-state index contributed by atoms with van der Waals surface area (Å²) in [7, 11) is 0. The van der Waals surface area contributed by atoms with E-state index in [0.717, 1.165) is 23.9 Å². The molecule has 2 atom stereocenters. The van der Waals surface area contributed by atoms with Crippen molar-refractivity contribution in [3.8, 4) is 0 Å². The average Bonchev–Trinajstić information content (AvgIpc) is 2.80. The molecule has 1 aromatic rings. The molecule has 0 amide bonds. The van der Waals surface area contributed by atoms with E-state index < -0.39 is 0 Å². The first-order valence-electron chi connectivity index (χ1n) is 5.31. The Balaban J connectivity index is 1.82. The van der Waals surface area contributed by atoms with Crippen molar-refractivity contribution >= 4 is 11.6 Å². The van der Waals surface area contributed by atoms with Crippen molar-refractivity contribution in [3.63, 3.8) is 0 Å². The number of rotatable bonds is 4. The zero-order valence-corrected chi connectivity index (χ0v) is 9.52. The zero-order valence-electron chi connectivity index (χ0n) is 8.76. The molecule has 2 unspecified atom stereocenters. The van der Waals surface area contributed by atoms with E-state index in [1.165, 1.54) is 18.6 Å². The molecule has 2 rings (SSSR count). The lowest BCUT2D eigenvalue weighted by molar-refractivity contribution is 0.601. The Bertz CT molecular complexity index is 333. The predicted molar refractivity (Wildman–Crippen MR) is 60.4 cm³/mol. The SMILES string of the molecule is CC1CC1CNCc1cc(F)cc(Cl)c1. The van der Waals surface area contributed by atoms with Gasteiger partial charge in [0.1, 0.15) is 5.82 Å². The Morgan fingerprint density at radius 1 is 1.47 bits per heavy atom. The minimum absolute atomic E-state index is 0.265. The largest absolute Gasteiger partial charge is 0.312 e. The highest BCUT2D eigenvalue weighted by atomic mass is 35.5. The van der Waals surface area contributed by atoms with Crippen LogP contribution in [0.4, 0.5) is 4.39 Å². The molecule has 0 saturated heterocycles. The van der Waals surface area contributed by atoms with Gasteiger partial charge in [0.2, 0.25) is 0 Å². The van der Waals surface area contributed by atoms with E-state index >= 15 is 0 Å². The van der Waals surface area contributed by atoms with Gasteiger partial charge in [-0.2, -0.15) is 0 Å². The van der Waals surface area contributed by atoms with Crippen LogP contribution in [0.5, 0.6) is 0 Å². The van der Waals surface area contributed by atoms with Gasteiger partial charge in [-0.3, -0.25) is 0 Å². The van der Waals surface area contributed by atoms with Crippen LogP contribution < -0.4 is 5.32 Å². The van der Waals surface area contributed by atoms with Crippen LogP contribution in [-0.4, -0.2) is 6.54 Å². The Kier molecular flexibility index (Phi) is 3.27. The lowest BCUT2D eigenvalue weighted by atomic mass is 10.2. The summed E-state index contributed by atoms with van der Waals surface area (Å²) >= 11 is 5.76. The van der Waals surface area contributed by atoms with Gasteiger partial charge in [0.25, 0.3) is 0 Å². The molecule has 82 valence electrons. The van der Waals surface area contributed by atoms with Crippen LogP contribution in [0.15, 0.2) is 18.2 Å². The van der Waals surface area contributed by atoms with E-state index in [1.54, 1.807) is 6.07 Å². The molecule has 1 aliphatic rings. The van der Waals surface area contributed by atoms with E-state index in [-0.39, 0.29) is 5.82 Å². The third-order valence-electron chi connectivity index (χ3n) is 2.93. The summed E-state index contributed by atoms with van der Waals surface area (Å²) < 4.78 is 13.0. The predicted octanol–water partition coefficient (Wildman–Crippen LogP) is 3.22. The fourth-order valence-corrected chi connectivity index (χ4v) is 2.04. The molecule has 0 bridgehead atoms. The molecule has 1 aliphatic carbocycles. The van der Waals surface area contributed by atoms with Crippen molar-refractivity contribution in [3.05, 3.63) is 34.6 Å². The fraction of sp³-hybridized carbons (Fsp3) is 0.500. The molecule has 1 N–H and O–H groups in total. The molecule has 0 radical (unpaired) electrons. The van der Waals surface area contributed by atoms with Gasteiger partial charge in [-0.05, 0) is 48.6 Å². The third kappa shape index (κ3) is 3.18. The summed E-state index contributed by atoms with van der Waals surface area (Å²) in [5.41, 5.74) is 0.910. The molecule has 1 saturated carbocycles. The third-order valence-corrected chi connectivity index (χ3v) is 3.15. The normalized spacial score (nSPS) is 24.2. The fourth-order valence-electron chi connectivity index (χ4n) is 1.80. The van der Waals surface area contributed by atoms with Gasteiger partial charge in [-0.25, -0.2) is 4.39 Å². The van der Waals surface area contributed by atoms with Crippen LogP contribution >= 0.6 is 11.6 Å². The molecule has 0 aliphatic heterocycles. The Morgan fingerprint density at radius 3 is 2.80 bits per heavy atom. The molecule has 0 aromatic heterocycles. The molecule has 1 nitrogen and oxygen atoms in total. The Morgan fingerprint density at radius 2 is 2.20 bits per heavy atom. The summed E-state index contributed by atoms with van der Waals surface area (Å²) in [5, 5.41) is 3.79. The van der Waals surface area contributed by atoms with Gasteiger partial charge >= 0.3 is 0 Å². The minimum Gasteiger partial charge on any atom is -0.312 e. The van der Waals surface area contributed by atoms with Gasteiger partial charge in [-0.1, -0.05) is 18.5 Å². The maximum Gasteiger partial charge on any atom is 0.125 e. The lowest BCUT2D eigenvalue weighted by Gasteiger charge is -2.04. The van der Waals surface area contributed by atoms with Gasteiger partial charge in [0, 0.05) is 11.6 Å². The van der Waals surface area contributed by atoms with Gasteiger partial charge in [0.05, 0.1) is 0 Å². The van der Waals surface area contributed by atoms with Crippen molar-refractivity contribution in [2.45, 2.75) is 19.9 Å². The minimum atomic E-state index is -0.265. The zero-order chi connectivity index (χ0) is 10.8. The molecular weight excluding hydrogens is 213 g/mol. The molecule has 0 heterocycles. The Hall–Kier alpha value is -0.600. The summed E-state index contributed by atoms with van der Waals surface area (Å²) in [6, 6.07) is 4.65. The highest BCUT2D eigenvalue weighted by Gasteiger charge is 2.31. The van der Waals surface area contributed by atoms with Crippen molar-refractivity contribution in [1.29, 1.82) is 0 Å². The molecule has 0 spiro atoms. The highest BCUT2D eigenvalue weighted by Crippen LogP contribution is 2.36. The molecule has 3 heteroatoms. The second kappa shape index (κ2) is 4.50. The number of nitrogens with one attached hydrogen (secondary N) is 1. The summed E-state index contributed by atoms with van der Waals surface area (Å²) in [6.07, 6.45) is 1.32. The van der Waals surface area contributed by atoms with Crippen molar-refractivity contribution in [2.75, 3.05) is 6.54 Å². The van der Waals surface area contributed by atoms with Gasteiger partial charge in [0.15, 0.2) is 0 Å². The molecule has 1 fully saturated rings. The topological polar surface area (TPSA) is 12.0 Å². The molecular formula is C12H15ClFN. The van der Waals surface area contributed by atoms with E-state index in [1.807, 2.05) is 0 Å². The first-order valence-corrected chi connectivity index (χ1v) is 5.68. The van der Waals surface area contributed by atoms with Gasteiger partial charge < -0.3 is 5.32 Å². The van der Waals surface area contributed by atoms with E-state index in [9.17, 15) is 4.39 Å². The van der Waals surface area contributed by atoms with Crippen LogP contribution in [-0.2, 0) is 6.54 Å². The first-order chi connectivity index (χ1) is 7.15. The molecule has 15 heavy (non-hydrogen) atoms. The smallest absolute Gasteiger partial charge is 0.125 e. The van der Waals surface area contributed by atoms with E-state index in [4.69, 9.17) is 11.6 Å². The average molecular weight is 228 g/mol.